The zero-order chi connectivity index (χ0) is 20.4. The molecule has 1 heterocycles. The molecule has 1 aliphatic rings. The summed E-state index contributed by atoms with van der Waals surface area (Å²) in [5.74, 6) is 1.45. The summed E-state index contributed by atoms with van der Waals surface area (Å²) >= 11 is 0. The third-order valence-electron chi connectivity index (χ3n) is 5.01. The molecule has 164 valence electrons. The standard InChI is InChI=1S/C22H37N5O.HI/c1-5-23-22(24-15-18(2)17-27-13-7-6-8-14-27)25-16-19-9-11-20(12-10-19)21(28)26(3)4;/h9-12,18H,5-8,13-17H2,1-4H3,(H2,23,24,25);1H. The first-order valence-electron chi connectivity index (χ1n) is 10.5. The molecule has 7 heteroatoms. The highest BCUT2D eigenvalue weighted by Gasteiger charge is 2.13. The van der Waals surface area contributed by atoms with Crippen molar-refractivity contribution in [3.63, 3.8) is 0 Å². The normalized spacial score (nSPS) is 15.9. The van der Waals surface area contributed by atoms with E-state index in [1.807, 2.05) is 24.3 Å². The van der Waals surface area contributed by atoms with Crippen LogP contribution in [0.4, 0.5) is 0 Å². The Balaban J connectivity index is 0.00000420. The van der Waals surface area contributed by atoms with Gasteiger partial charge in [-0.1, -0.05) is 25.5 Å². The molecule has 1 amide bonds. The number of amides is 1. The molecule has 2 rings (SSSR count). The Morgan fingerprint density at radius 3 is 2.38 bits per heavy atom. The minimum Gasteiger partial charge on any atom is -0.357 e. The summed E-state index contributed by atoms with van der Waals surface area (Å²) in [7, 11) is 3.53. The second kappa shape index (κ2) is 13.8. The van der Waals surface area contributed by atoms with Crippen molar-refractivity contribution in [1.29, 1.82) is 0 Å². The predicted molar refractivity (Wildman–Crippen MR) is 132 cm³/mol. The zero-order valence-electron chi connectivity index (χ0n) is 18.4. The number of rotatable bonds is 8. The van der Waals surface area contributed by atoms with Gasteiger partial charge in [-0.2, -0.15) is 0 Å². The van der Waals surface area contributed by atoms with Crippen molar-refractivity contribution in [3.8, 4) is 0 Å². The lowest BCUT2D eigenvalue weighted by Gasteiger charge is -2.29. The number of likely N-dealkylation sites (tertiary alicyclic amines) is 1. The van der Waals surface area contributed by atoms with Gasteiger partial charge < -0.3 is 20.4 Å². The van der Waals surface area contributed by atoms with Crippen molar-refractivity contribution >= 4 is 35.8 Å². The molecule has 1 atom stereocenters. The maximum Gasteiger partial charge on any atom is 0.253 e. The number of carbonyl (C=O) groups excluding carboxylic acids is 1. The lowest BCUT2D eigenvalue weighted by atomic mass is 10.1. The van der Waals surface area contributed by atoms with E-state index in [0.717, 1.165) is 31.2 Å². The first-order valence-corrected chi connectivity index (χ1v) is 10.5. The maximum absolute atomic E-state index is 12.0. The van der Waals surface area contributed by atoms with Crippen LogP contribution in [0.25, 0.3) is 0 Å². The molecule has 1 aliphatic heterocycles. The van der Waals surface area contributed by atoms with E-state index in [4.69, 9.17) is 4.99 Å². The lowest BCUT2D eigenvalue weighted by molar-refractivity contribution is 0.0827. The third kappa shape index (κ3) is 9.33. The number of nitrogens with zero attached hydrogens (tertiary/aromatic N) is 3. The second-order valence-electron chi connectivity index (χ2n) is 7.94. The van der Waals surface area contributed by atoms with Gasteiger partial charge in [0.15, 0.2) is 5.96 Å². The average Bonchev–Trinajstić information content (AvgIpc) is 2.70. The van der Waals surface area contributed by atoms with Gasteiger partial charge in [0.05, 0.1) is 6.54 Å². The van der Waals surface area contributed by atoms with Crippen LogP contribution in [0, 0.1) is 5.92 Å². The number of piperidine rings is 1. The average molecular weight is 515 g/mol. The van der Waals surface area contributed by atoms with Gasteiger partial charge in [-0.25, -0.2) is 4.99 Å². The number of hydrogen-bond donors (Lipinski definition) is 2. The minimum absolute atomic E-state index is 0. The Morgan fingerprint density at radius 2 is 1.79 bits per heavy atom. The van der Waals surface area contributed by atoms with Gasteiger partial charge in [0, 0.05) is 39.3 Å². The van der Waals surface area contributed by atoms with E-state index in [2.05, 4.69) is 29.4 Å². The Morgan fingerprint density at radius 1 is 1.14 bits per heavy atom. The summed E-state index contributed by atoms with van der Waals surface area (Å²) in [5, 5.41) is 6.80. The highest BCUT2D eigenvalue weighted by molar-refractivity contribution is 14.0. The van der Waals surface area contributed by atoms with Gasteiger partial charge in [-0.3, -0.25) is 4.79 Å². The second-order valence-corrected chi connectivity index (χ2v) is 7.94. The van der Waals surface area contributed by atoms with Crippen LogP contribution in [0.15, 0.2) is 29.3 Å². The molecule has 1 aromatic carbocycles. The van der Waals surface area contributed by atoms with E-state index in [-0.39, 0.29) is 29.9 Å². The zero-order valence-corrected chi connectivity index (χ0v) is 20.7. The van der Waals surface area contributed by atoms with Crippen molar-refractivity contribution in [2.45, 2.75) is 39.7 Å². The molecule has 1 fully saturated rings. The SMILES string of the molecule is CCNC(=NCc1ccc(C(=O)N(C)C)cc1)NCC(C)CN1CCCCC1.I. The number of aliphatic imine (C=N–C) groups is 1. The fourth-order valence-corrected chi connectivity index (χ4v) is 3.44. The van der Waals surface area contributed by atoms with Gasteiger partial charge >= 0.3 is 0 Å². The molecule has 29 heavy (non-hydrogen) atoms. The van der Waals surface area contributed by atoms with E-state index in [9.17, 15) is 4.79 Å². The molecule has 0 aliphatic carbocycles. The minimum atomic E-state index is 0. The first kappa shape index (κ1) is 25.7. The van der Waals surface area contributed by atoms with Crippen LogP contribution in [0.5, 0.6) is 0 Å². The van der Waals surface area contributed by atoms with Crippen molar-refractivity contribution in [1.82, 2.24) is 20.4 Å². The molecule has 0 radical (unpaired) electrons. The summed E-state index contributed by atoms with van der Waals surface area (Å²) < 4.78 is 0. The van der Waals surface area contributed by atoms with Gasteiger partial charge in [0.25, 0.3) is 5.91 Å². The van der Waals surface area contributed by atoms with Gasteiger partial charge in [-0.15, -0.1) is 24.0 Å². The molecule has 0 spiro atoms. The monoisotopic (exact) mass is 515 g/mol. The molecule has 2 N–H and O–H groups in total. The van der Waals surface area contributed by atoms with Crippen LogP contribution < -0.4 is 10.6 Å². The highest BCUT2D eigenvalue weighted by Crippen LogP contribution is 2.11. The largest absolute Gasteiger partial charge is 0.357 e. The smallest absolute Gasteiger partial charge is 0.253 e. The summed E-state index contributed by atoms with van der Waals surface area (Å²) in [6.45, 7) is 10.3. The van der Waals surface area contributed by atoms with E-state index >= 15 is 0 Å². The third-order valence-corrected chi connectivity index (χ3v) is 5.01. The number of hydrogen-bond acceptors (Lipinski definition) is 3. The number of halogens is 1. The van der Waals surface area contributed by atoms with E-state index in [0.29, 0.717) is 18.0 Å². The Bertz CT molecular complexity index is 627. The number of nitrogens with one attached hydrogen (secondary N) is 2. The molecule has 0 aromatic heterocycles. The van der Waals surface area contributed by atoms with E-state index < -0.39 is 0 Å². The van der Waals surface area contributed by atoms with Gasteiger partial charge in [0.1, 0.15) is 0 Å². The number of carbonyl (C=O) groups is 1. The maximum atomic E-state index is 12.0. The van der Waals surface area contributed by atoms with Crippen LogP contribution in [0.2, 0.25) is 0 Å². The molecule has 0 bridgehead atoms. The first-order chi connectivity index (χ1) is 13.5. The Labute approximate surface area is 193 Å². The van der Waals surface area contributed by atoms with E-state index in [1.165, 1.54) is 32.4 Å². The van der Waals surface area contributed by atoms with Crippen LogP contribution >= 0.6 is 24.0 Å². The molecular formula is C22H38IN5O. The molecule has 6 nitrogen and oxygen atoms in total. The summed E-state index contributed by atoms with van der Waals surface area (Å²) in [6.07, 6.45) is 4.05. The molecule has 1 unspecified atom stereocenters. The highest BCUT2D eigenvalue weighted by atomic mass is 127. The summed E-state index contributed by atoms with van der Waals surface area (Å²) in [5.41, 5.74) is 1.79. The van der Waals surface area contributed by atoms with Crippen molar-refractivity contribution < 1.29 is 4.79 Å². The fraction of sp³-hybridized carbons (Fsp3) is 0.636. The van der Waals surface area contributed by atoms with Crippen LogP contribution in [-0.2, 0) is 6.54 Å². The van der Waals surface area contributed by atoms with Gasteiger partial charge in [-0.05, 0) is 56.5 Å². The van der Waals surface area contributed by atoms with Crippen LogP contribution in [-0.4, -0.2) is 68.5 Å². The van der Waals surface area contributed by atoms with Crippen molar-refractivity contribution in [3.05, 3.63) is 35.4 Å². The molecule has 0 saturated carbocycles. The fourth-order valence-electron chi connectivity index (χ4n) is 3.44. The molecular weight excluding hydrogens is 477 g/mol. The summed E-state index contributed by atoms with van der Waals surface area (Å²) in [4.78, 5) is 20.8. The quantitative estimate of drug-likeness (QED) is 0.317. The van der Waals surface area contributed by atoms with Crippen molar-refractivity contribution in [2.75, 3.05) is 46.8 Å². The van der Waals surface area contributed by atoms with E-state index in [1.54, 1.807) is 19.0 Å². The Kier molecular flexibility index (Phi) is 12.2. The number of guanidine groups is 1. The predicted octanol–water partition coefficient (Wildman–Crippen LogP) is 3.18. The molecule has 1 saturated heterocycles. The van der Waals surface area contributed by atoms with Crippen LogP contribution in [0.1, 0.15) is 49.0 Å². The lowest BCUT2D eigenvalue weighted by Crippen LogP contribution is -2.42. The van der Waals surface area contributed by atoms with Crippen molar-refractivity contribution in [2.24, 2.45) is 10.9 Å². The van der Waals surface area contributed by atoms with Crippen LogP contribution in [0.3, 0.4) is 0 Å². The topological polar surface area (TPSA) is 60.0 Å². The Hall–Kier alpha value is -1.35. The summed E-state index contributed by atoms with van der Waals surface area (Å²) in [6, 6.07) is 7.69. The molecule has 1 aromatic rings. The van der Waals surface area contributed by atoms with Gasteiger partial charge in [0.2, 0.25) is 0 Å². The number of benzene rings is 1.